The van der Waals surface area contributed by atoms with Crippen molar-refractivity contribution in [2.45, 2.75) is 44.1 Å². The highest BCUT2D eigenvalue weighted by molar-refractivity contribution is 7.99. The number of hydrogen-bond acceptors (Lipinski definition) is 2. The highest BCUT2D eigenvalue weighted by Gasteiger charge is 2.14. The second-order valence-corrected chi connectivity index (χ2v) is 6.84. The fourth-order valence-corrected chi connectivity index (χ4v) is 2.51. The van der Waals surface area contributed by atoms with Gasteiger partial charge in [-0.15, -0.1) is 11.8 Å². The average molecular weight is 265 g/mol. The zero-order chi connectivity index (χ0) is 13.8. The van der Waals surface area contributed by atoms with Crippen LogP contribution in [0.5, 0.6) is 0 Å². The summed E-state index contributed by atoms with van der Waals surface area (Å²) in [5.41, 5.74) is 2.81. The Bertz CT molecular complexity index is 392. The molecule has 1 rings (SSSR count). The Labute approximate surface area is 115 Å². The van der Waals surface area contributed by atoms with Gasteiger partial charge in [0.05, 0.1) is 5.25 Å². The SMILES string of the molecule is CNC(=O)C(C)SCc1ccc(C(C)(C)C)cc1. The van der Waals surface area contributed by atoms with Crippen molar-refractivity contribution in [3.63, 3.8) is 0 Å². The van der Waals surface area contributed by atoms with E-state index in [4.69, 9.17) is 0 Å². The first-order chi connectivity index (χ1) is 8.34. The molecule has 0 aliphatic heterocycles. The predicted octanol–water partition coefficient (Wildman–Crippen LogP) is 3.35. The van der Waals surface area contributed by atoms with Gasteiger partial charge in [0.2, 0.25) is 5.91 Å². The third kappa shape index (κ3) is 4.37. The van der Waals surface area contributed by atoms with E-state index >= 15 is 0 Å². The maximum absolute atomic E-state index is 11.4. The van der Waals surface area contributed by atoms with E-state index < -0.39 is 0 Å². The summed E-state index contributed by atoms with van der Waals surface area (Å²) in [6, 6.07) is 8.68. The third-order valence-corrected chi connectivity index (χ3v) is 4.15. The third-order valence-electron chi connectivity index (χ3n) is 2.94. The average Bonchev–Trinajstić information content (AvgIpc) is 2.34. The molecule has 0 aliphatic rings. The normalized spacial score (nSPS) is 13.2. The molecule has 0 saturated carbocycles. The van der Waals surface area contributed by atoms with Crippen LogP contribution in [0, 0.1) is 0 Å². The van der Waals surface area contributed by atoms with Crippen molar-refractivity contribution in [3.05, 3.63) is 35.4 Å². The summed E-state index contributed by atoms with van der Waals surface area (Å²) < 4.78 is 0. The largest absolute Gasteiger partial charge is 0.358 e. The fourth-order valence-electron chi connectivity index (χ4n) is 1.60. The van der Waals surface area contributed by atoms with Crippen LogP contribution in [0.4, 0.5) is 0 Å². The summed E-state index contributed by atoms with van der Waals surface area (Å²) in [5, 5.41) is 2.67. The van der Waals surface area contributed by atoms with Gasteiger partial charge in [-0.25, -0.2) is 0 Å². The Hall–Kier alpha value is -0.960. The molecule has 2 nitrogen and oxygen atoms in total. The number of carbonyl (C=O) groups is 1. The molecule has 0 heterocycles. The van der Waals surface area contributed by atoms with E-state index in [1.807, 2.05) is 6.92 Å². The molecule has 18 heavy (non-hydrogen) atoms. The Morgan fingerprint density at radius 2 is 1.83 bits per heavy atom. The number of amides is 1. The smallest absolute Gasteiger partial charge is 0.232 e. The molecule has 1 aromatic rings. The monoisotopic (exact) mass is 265 g/mol. The van der Waals surface area contributed by atoms with Gasteiger partial charge in [-0.05, 0) is 23.5 Å². The molecule has 1 atom stereocenters. The summed E-state index contributed by atoms with van der Waals surface area (Å²) in [7, 11) is 1.68. The Balaban J connectivity index is 2.57. The van der Waals surface area contributed by atoms with Crippen LogP contribution in [0.25, 0.3) is 0 Å². The lowest BCUT2D eigenvalue weighted by molar-refractivity contribution is -0.119. The van der Waals surface area contributed by atoms with Crippen LogP contribution in [-0.2, 0) is 16.0 Å². The summed E-state index contributed by atoms with van der Waals surface area (Å²) in [5.74, 6) is 0.963. The maximum Gasteiger partial charge on any atom is 0.232 e. The molecule has 0 aromatic heterocycles. The van der Waals surface area contributed by atoms with E-state index in [1.54, 1.807) is 18.8 Å². The lowest BCUT2D eigenvalue weighted by Crippen LogP contribution is -2.27. The van der Waals surface area contributed by atoms with E-state index in [-0.39, 0.29) is 16.6 Å². The highest BCUT2D eigenvalue weighted by atomic mass is 32.2. The van der Waals surface area contributed by atoms with Crippen LogP contribution in [-0.4, -0.2) is 18.2 Å². The van der Waals surface area contributed by atoms with Gasteiger partial charge in [-0.1, -0.05) is 45.0 Å². The van der Waals surface area contributed by atoms with E-state index in [9.17, 15) is 4.79 Å². The van der Waals surface area contributed by atoms with Crippen molar-refractivity contribution in [2.75, 3.05) is 7.05 Å². The van der Waals surface area contributed by atoms with E-state index in [0.29, 0.717) is 0 Å². The quantitative estimate of drug-likeness (QED) is 0.904. The molecular formula is C15H23NOS. The number of thioether (sulfide) groups is 1. The van der Waals surface area contributed by atoms with Crippen molar-refractivity contribution in [1.29, 1.82) is 0 Å². The minimum atomic E-state index is -0.00251. The Kier molecular flexibility index (Phi) is 5.27. The molecule has 1 unspecified atom stereocenters. The Morgan fingerprint density at radius 3 is 2.28 bits per heavy atom. The maximum atomic E-state index is 11.4. The molecule has 3 heteroatoms. The van der Waals surface area contributed by atoms with Crippen LogP contribution < -0.4 is 5.32 Å². The second-order valence-electron chi connectivity index (χ2n) is 5.51. The van der Waals surface area contributed by atoms with Gasteiger partial charge in [-0.3, -0.25) is 4.79 Å². The molecular weight excluding hydrogens is 242 g/mol. The van der Waals surface area contributed by atoms with Gasteiger partial charge >= 0.3 is 0 Å². The first-order valence-electron chi connectivity index (χ1n) is 6.27. The predicted molar refractivity (Wildman–Crippen MR) is 80.0 cm³/mol. The molecule has 0 aliphatic carbocycles. The molecule has 0 radical (unpaired) electrons. The minimum absolute atomic E-state index is 0.00251. The summed E-state index contributed by atoms with van der Waals surface area (Å²) in [6.07, 6.45) is 0. The molecule has 0 spiro atoms. The molecule has 0 fully saturated rings. The van der Waals surface area contributed by atoms with Gasteiger partial charge in [0.15, 0.2) is 0 Å². The van der Waals surface area contributed by atoms with Crippen molar-refractivity contribution < 1.29 is 4.79 Å². The van der Waals surface area contributed by atoms with Crippen molar-refractivity contribution in [1.82, 2.24) is 5.32 Å². The lowest BCUT2D eigenvalue weighted by atomic mass is 9.87. The Morgan fingerprint density at radius 1 is 1.28 bits per heavy atom. The van der Waals surface area contributed by atoms with Crippen molar-refractivity contribution in [2.24, 2.45) is 0 Å². The van der Waals surface area contributed by atoms with Crippen LogP contribution in [0.1, 0.15) is 38.8 Å². The number of nitrogens with one attached hydrogen (secondary N) is 1. The molecule has 100 valence electrons. The summed E-state index contributed by atoms with van der Waals surface area (Å²) in [6.45, 7) is 8.58. The molecule has 1 N–H and O–H groups in total. The first kappa shape index (κ1) is 15.1. The van der Waals surface area contributed by atoms with E-state index in [0.717, 1.165) is 5.75 Å². The number of carbonyl (C=O) groups excluding carboxylic acids is 1. The van der Waals surface area contributed by atoms with Crippen molar-refractivity contribution in [3.8, 4) is 0 Å². The van der Waals surface area contributed by atoms with Crippen LogP contribution in [0.3, 0.4) is 0 Å². The van der Waals surface area contributed by atoms with Gasteiger partial charge in [-0.2, -0.15) is 0 Å². The van der Waals surface area contributed by atoms with E-state index in [2.05, 4.69) is 50.4 Å². The second kappa shape index (κ2) is 6.28. The first-order valence-corrected chi connectivity index (χ1v) is 7.32. The topological polar surface area (TPSA) is 29.1 Å². The number of benzene rings is 1. The zero-order valence-corrected chi connectivity index (χ0v) is 12.7. The fraction of sp³-hybridized carbons (Fsp3) is 0.533. The molecule has 0 bridgehead atoms. The minimum Gasteiger partial charge on any atom is -0.358 e. The highest BCUT2D eigenvalue weighted by Crippen LogP contribution is 2.24. The molecule has 1 aromatic carbocycles. The number of hydrogen-bond donors (Lipinski definition) is 1. The lowest BCUT2D eigenvalue weighted by Gasteiger charge is -2.19. The summed E-state index contributed by atoms with van der Waals surface area (Å²) in [4.78, 5) is 11.4. The van der Waals surface area contributed by atoms with E-state index in [1.165, 1.54) is 11.1 Å². The summed E-state index contributed by atoms with van der Waals surface area (Å²) >= 11 is 1.66. The standard InChI is InChI=1S/C15H23NOS/c1-11(14(17)16-5)18-10-12-6-8-13(9-7-12)15(2,3)4/h6-9,11H,10H2,1-5H3,(H,16,17). The van der Waals surface area contributed by atoms with Gasteiger partial charge in [0, 0.05) is 12.8 Å². The van der Waals surface area contributed by atoms with Crippen LogP contribution >= 0.6 is 11.8 Å². The van der Waals surface area contributed by atoms with Gasteiger partial charge in [0.1, 0.15) is 0 Å². The van der Waals surface area contributed by atoms with Crippen molar-refractivity contribution >= 4 is 17.7 Å². The molecule has 0 saturated heterocycles. The van der Waals surface area contributed by atoms with Gasteiger partial charge < -0.3 is 5.32 Å². The van der Waals surface area contributed by atoms with Crippen LogP contribution in [0.2, 0.25) is 0 Å². The molecule has 1 amide bonds. The van der Waals surface area contributed by atoms with Gasteiger partial charge in [0.25, 0.3) is 0 Å². The zero-order valence-electron chi connectivity index (χ0n) is 11.9. The van der Waals surface area contributed by atoms with Crippen LogP contribution in [0.15, 0.2) is 24.3 Å². The number of rotatable bonds is 4.